The van der Waals surface area contributed by atoms with Crippen LogP contribution in [0.1, 0.15) is 5.56 Å². The zero-order valence-corrected chi connectivity index (χ0v) is 10.7. The molecule has 0 bridgehead atoms. The van der Waals surface area contributed by atoms with Gasteiger partial charge in [0.1, 0.15) is 17.7 Å². The van der Waals surface area contributed by atoms with Crippen LogP contribution in [0.25, 0.3) is 6.08 Å². The van der Waals surface area contributed by atoms with Gasteiger partial charge in [0, 0.05) is 10.0 Å². The van der Waals surface area contributed by atoms with Crippen molar-refractivity contribution in [2.24, 2.45) is 0 Å². The molecule has 1 aromatic rings. The third-order valence-electron chi connectivity index (χ3n) is 1.68. The van der Waals surface area contributed by atoms with Crippen molar-refractivity contribution in [2.75, 3.05) is 0 Å². The number of nitriles is 2. The molecule has 0 radical (unpaired) electrons. The highest BCUT2D eigenvalue weighted by Crippen LogP contribution is 2.34. The van der Waals surface area contributed by atoms with E-state index in [-0.39, 0.29) is 21.2 Å². The van der Waals surface area contributed by atoms with Crippen molar-refractivity contribution in [3.63, 3.8) is 0 Å². The summed E-state index contributed by atoms with van der Waals surface area (Å²) in [7, 11) is 0. The normalized spacial score (nSPS) is 9.12. The van der Waals surface area contributed by atoms with Gasteiger partial charge in [-0.25, -0.2) is 4.39 Å². The number of hydrogen-bond donors (Lipinski definition) is 0. The van der Waals surface area contributed by atoms with Crippen molar-refractivity contribution in [3.8, 4) is 12.1 Å². The maximum atomic E-state index is 13.6. The average molecular weight is 320 g/mol. The molecule has 1 aromatic carbocycles. The Labute approximate surface area is 110 Å². The van der Waals surface area contributed by atoms with Gasteiger partial charge in [-0.2, -0.15) is 10.5 Å². The van der Waals surface area contributed by atoms with Gasteiger partial charge in [0.25, 0.3) is 0 Å². The summed E-state index contributed by atoms with van der Waals surface area (Å²) in [6, 6.07) is 4.61. The predicted octanol–water partition coefficient (Wildman–Crippen LogP) is 4.33. The Morgan fingerprint density at radius 1 is 1.38 bits per heavy atom. The fraction of sp³-hybridized carbons (Fsp3) is 0. The van der Waals surface area contributed by atoms with E-state index in [0.717, 1.165) is 6.08 Å². The van der Waals surface area contributed by atoms with Gasteiger partial charge in [-0.3, -0.25) is 0 Å². The van der Waals surface area contributed by atoms with Crippen LogP contribution in [0.5, 0.6) is 0 Å². The molecule has 0 spiro atoms. The van der Waals surface area contributed by atoms with Crippen LogP contribution in [0.15, 0.2) is 16.1 Å². The molecule has 80 valence electrons. The smallest absolute Gasteiger partial charge is 0.151 e. The Hall–Kier alpha value is -1.07. The number of rotatable bonds is 1. The van der Waals surface area contributed by atoms with Gasteiger partial charge in [-0.15, -0.1) is 0 Å². The van der Waals surface area contributed by atoms with Crippen molar-refractivity contribution in [2.45, 2.75) is 0 Å². The summed E-state index contributed by atoms with van der Waals surface area (Å²) in [4.78, 5) is 0. The summed E-state index contributed by atoms with van der Waals surface area (Å²) < 4.78 is 14.0. The van der Waals surface area contributed by atoms with E-state index in [1.54, 1.807) is 12.1 Å². The van der Waals surface area contributed by atoms with Crippen LogP contribution in [-0.2, 0) is 0 Å². The second kappa shape index (κ2) is 5.32. The molecule has 0 aromatic heterocycles. The molecule has 16 heavy (non-hydrogen) atoms. The van der Waals surface area contributed by atoms with E-state index < -0.39 is 5.82 Å². The molecule has 0 N–H and O–H groups in total. The van der Waals surface area contributed by atoms with Gasteiger partial charge >= 0.3 is 0 Å². The maximum Gasteiger partial charge on any atom is 0.151 e. The fourth-order valence-electron chi connectivity index (χ4n) is 0.946. The maximum absolute atomic E-state index is 13.6. The topological polar surface area (TPSA) is 47.6 Å². The van der Waals surface area contributed by atoms with E-state index in [9.17, 15) is 4.39 Å². The minimum Gasteiger partial charge on any atom is -0.205 e. The van der Waals surface area contributed by atoms with Crippen molar-refractivity contribution in [1.29, 1.82) is 10.5 Å². The van der Waals surface area contributed by atoms with Crippen molar-refractivity contribution < 1.29 is 4.39 Å². The highest BCUT2D eigenvalue weighted by atomic mass is 79.9. The molecule has 0 aliphatic rings. The number of hydrogen-bond acceptors (Lipinski definition) is 2. The van der Waals surface area contributed by atoms with Crippen molar-refractivity contribution in [1.82, 2.24) is 0 Å². The minimum absolute atomic E-state index is 0.0665. The Morgan fingerprint density at radius 3 is 2.44 bits per heavy atom. The highest BCUT2D eigenvalue weighted by molar-refractivity contribution is 9.10. The second-order valence-corrected chi connectivity index (χ2v) is 4.30. The fourth-order valence-corrected chi connectivity index (χ4v) is 1.88. The molecule has 6 heteroatoms. The summed E-state index contributed by atoms with van der Waals surface area (Å²) in [5.74, 6) is -0.774. The lowest BCUT2D eigenvalue weighted by molar-refractivity contribution is 0.624. The van der Waals surface area contributed by atoms with E-state index >= 15 is 0 Å². The van der Waals surface area contributed by atoms with E-state index in [2.05, 4.69) is 15.9 Å². The third kappa shape index (κ3) is 2.54. The molecule has 0 saturated carbocycles. The molecule has 0 aliphatic heterocycles. The standard InChI is InChI=1S/C10H2BrCl2FN2/c11-7-2-8(12)6(10(14)9(7)13)1-5(3-15)4-16/h1-2H. The molecule has 0 amide bonds. The van der Waals surface area contributed by atoms with Crippen LogP contribution in [0.2, 0.25) is 10.0 Å². The van der Waals surface area contributed by atoms with Gasteiger partial charge in [0.15, 0.2) is 5.82 Å². The quantitative estimate of drug-likeness (QED) is 0.439. The van der Waals surface area contributed by atoms with Crippen molar-refractivity contribution >= 4 is 45.2 Å². The second-order valence-electron chi connectivity index (χ2n) is 2.66. The molecule has 0 unspecified atom stereocenters. The molecule has 0 fully saturated rings. The van der Waals surface area contributed by atoms with Crippen LogP contribution >= 0.6 is 39.1 Å². The third-order valence-corrected chi connectivity index (χ3v) is 3.22. The molecule has 2 nitrogen and oxygen atoms in total. The lowest BCUT2D eigenvalue weighted by atomic mass is 10.1. The number of allylic oxidation sites excluding steroid dienone is 1. The summed E-state index contributed by atoms with van der Waals surface area (Å²) in [5.41, 5.74) is -0.327. The van der Waals surface area contributed by atoms with Crippen molar-refractivity contribution in [3.05, 3.63) is 37.5 Å². The zero-order chi connectivity index (χ0) is 12.3. The first-order valence-corrected chi connectivity index (χ1v) is 5.41. The van der Waals surface area contributed by atoms with Crippen LogP contribution in [0, 0.1) is 28.5 Å². The van der Waals surface area contributed by atoms with Crippen LogP contribution in [0.3, 0.4) is 0 Å². The Morgan fingerprint density at radius 2 is 1.94 bits per heavy atom. The molecule has 0 aliphatic carbocycles. The molecular formula is C10H2BrCl2FN2. The van der Waals surface area contributed by atoms with Gasteiger partial charge in [-0.1, -0.05) is 23.2 Å². The SMILES string of the molecule is N#CC(C#N)=Cc1c(Cl)cc(Br)c(Cl)c1F. The molecule has 0 saturated heterocycles. The molecular weight excluding hydrogens is 318 g/mol. The molecule has 0 heterocycles. The van der Waals surface area contributed by atoms with Gasteiger partial charge in [0.05, 0.1) is 10.0 Å². The highest BCUT2D eigenvalue weighted by Gasteiger charge is 2.14. The predicted molar refractivity (Wildman–Crippen MR) is 63.3 cm³/mol. The summed E-state index contributed by atoms with van der Waals surface area (Å²) >= 11 is 14.4. The summed E-state index contributed by atoms with van der Waals surface area (Å²) in [6.07, 6.45) is 1.05. The molecule has 0 atom stereocenters. The first-order chi connectivity index (χ1) is 7.51. The number of benzene rings is 1. The summed E-state index contributed by atoms with van der Waals surface area (Å²) in [5, 5.41) is 17.0. The Bertz CT molecular complexity index is 539. The Kier molecular flexibility index (Phi) is 4.32. The van der Waals surface area contributed by atoms with Crippen LogP contribution in [0.4, 0.5) is 4.39 Å². The van der Waals surface area contributed by atoms with E-state index in [1.807, 2.05) is 0 Å². The van der Waals surface area contributed by atoms with Crippen LogP contribution < -0.4 is 0 Å². The number of nitrogens with zero attached hydrogens (tertiary/aromatic N) is 2. The largest absolute Gasteiger partial charge is 0.205 e. The zero-order valence-electron chi connectivity index (χ0n) is 7.56. The lowest BCUT2D eigenvalue weighted by Crippen LogP contribution is -1.88. The van der Waals surface area contributed by atoms with Gasteiger partial charge in [-0.05, 0) is 28.1 Å². The van der Waals surface area contributed by atoms with Gasteiger partial charge < -0.3 is 0 Å². The van der Waals surface area contributed by atoms with E-state index in [0.29, 0.717) is 4.47 Å². The van der Waals surface area contributed by atoms with Crippen LogP contribution in [-0.4, -0.2) is 0 Å². The first-order valence-electron chi connectivity index (χ1n) is 3.86. The lowest BCUT2D eigenvalue weighted by Gasteiger charge is -2.04. The molecule has 1 rings (SSSR count). The average Bonchev–Trinajstić information content (AvgIpc) is 2.27. The van der Waals surface area contributed by atoms with E-state index in [1.165, 1.54) is 6.07 Å². The van der Waals surface area contributed by atoms with E-state index in [4.69, 9.17) is 33.7 Å². The Balaban J connectivity index is 3.49. The monoisotopic (exact) mass is 318 g/mol. The summed E-state index contributed by atoms with van der Waals surface area (Å²) in [6.45, 7) is 0. The number of halogens is 4. The van der Waals surface area contributed by atoms with Gasteiger partial charge in [0.2, 0.25) is 0 Å². The minimum atomic E-state index is -0.774. The first kappa shape index (κ1) is 13.0.